The Morgan fingerprint density at radius 3 is 2.50 bits per heavy atom. The van der Waals surface area contributed by atoms with Crippen LogP contribution in [0.4, 0.5) is 4.79 Å². The number of carbonyl (C=O) groups excluding carboxylic acids is 1. The summed E-state index contributed by atoms with van der Waals surface area (Å²) in [7, 11) is 0. The fraction of sp³-hybridized carbons (Fsp3) is 0.400. The smallest absolute Gasteiger partial charge is 0.410 e. The fourth-order valence-corrected chi connectivity index (χ4v) is 2.64. The van der Waals surface area contributed by atoms with Crippen molar-refractivity contribution < 1.29 is 35.8 Å². The molecule has 0 atom stereocenters. The lowest BCUT2D eigenvalue weighted by Crippen LogP contribution is -3.00. The number of hydrogen-bond acceptors (Lipinski definition) is 3. The number of carbonyl (C=O) groups is 1. The molecule has 1 aromatic carbocycles. The van der Waals surface area contributed by atoms with Gasteiger partial charge in [-0.25, -0.2) is 4.79 Å². The van der Waals surface area contributed by atoms with E-state index >= 15 is 0 Å². The molecule has 1 aliphatic rings. The lowest BCUT2D eigenvalue weighted by atomic mass is 10.1. The first-order chi connectivity index (χ1) is 11.9. The van der Waals surface area contributed by atoms with Gasteiger partial charge >= 0.3 is 6.09 Å². The maximum atomic E-state index is 11.9. The number of pyridine rings is 1. The van der Waals surface area contributed by atoms with E-state index in [9.17, 15) is 4.79 Å². The summed E-state index contributed by atoms with van der Waals surface area (Å²) in [6, 6.07) is 14.2. The zero-order valence-corrected chi connectivity index (χ0v) is 17.0. The number of halogens is 1. The largest absolute Gasteiger partial charge is 1.00 e. The second kappa shape index (κ2) is 8.54. The second-order valence-corrected chi connectivity index (χ2v) is 7.32. The molecule has 1 aliphatic heterocycles. The molecule has 0 saturated carbocycles. The first-order valence-electron chi connectivity index (χ1n) is 8.57. The van der Waals surface area contributed by atoms with Crippen molar-refractivity contribution in [2.24, 2.45) is 0 Å². The topological polar surface area (TPSA) is 42.6 Å². The van der Waals surface area contributed by atoms with Gasteiger partial charge in [-0.1, -0.05) is 30.3 Å². The first kappa shape index (κ1) is 20.2. The van der Waals surface area contributed by atoms with Gasteiger partial charge in [0.05, 0.1) is 13.1 Å². The van der Waals surface area contributed by atoms with Gasteiger partial charge in [0.25, 0.3) is 0 Å². The number of rotatable bonds is 4. The van der Waals surface area contributed by atoms with Crippen molar-refractivity contribution in [2.75, 3.05) is 13.1 Å². The molecule has 2 aromatic rings. The van der Waals surface area contributed by atoms with Crippen LogP contribution in [0.15, 0.2) is 54.9 Å². The van der Waals surface area contributed by atoms with Crippen LogP contribution in [-0.2, 0) is 11.3 Å². The summed E-state index contributed by atoms with van der Waals surface area (Å²) in [6.45, 7) is 7.52. The molecule has 0 N–H and O–H groups in total. The third-order valence-electron chi connectivity index (χ3n) is 3.84. The van der Waals surface area contributed by atoms with Gasteiger partial charge < -0.3 is 31.4 Å². The summed E-state index contributed by atoms with van der Waals surface area (Å²) in [5, 5.41) is 0. The highest BCUT2D eigenvalue weighted by Crippen LogP contribution is 2.19. The molecule has 1 fully saturated rings. The van der Waals surface area contributed by atoms with Crippen molar-refractivity contribution in [2.45, 2.75) is 39.0 Å². The summed E-state index contributed by atoms with van der Waals surface area (Å²) in [6.07, 6.45) is 3.75. The third kappa shape index (κ3) is 5.73. The summed E-state index contributed by atoms with van der Waals surface area (Å²) >= 11 is 0. The van der Waals surface area contributed by atoms with Crippen LogP contribution in [0.2, 0.25) is 0 Å². The molecule has 1 saturated heterocycles. The van der Waals surface area contributed by atoms with Gasteiger partial charge in [0, 0.05) is 11.6 Å². The van der Waals surface area contributed by atoms with Crippen molar-refractivity contribution in [1.29, 1.82) is 0 Å². The standard InChI is InChI=1S/C20H25N2O3.BrH/c1-20(2,3)25-19(23)22-14-18(15-22)24-17-10-7-11-21(13-17)12-16-8-5-4-6-9-16;/h4-11,13,18H,12,14-15H2,1-3H3;1H/q+1;/p-1. The van der Waals surface area contributed by atoms with Crippen LogP contribution in [0.1, 0.15) is 26.3 Å². The highest BCUT2D eigenvalue weighted by atomic mass is 79.9. The van der Waals surface area contributed by atoms with Gasteiger partial charge in [0.2, 0.25) is 6.20 Å². The number of ether oxygens (including phenoxy) is 2. The van der Waals surface area contributed by atoms with E-state index in [1.807, 2.05) is 63.5 Å². The van der Waals surface area contributed by atoms with Crippen LogP contribution in [0.25, 0.3) is 0 Å². The molecule has 5 nitrogen and oxygen atoms in total. The predicted octanol–water partition coefficient (Wildman–Crippen LogP) is 0.0245. The highest BCUT2D eigenvalue weighted by molar-refractivity contribution is 5.69. The number of amides is 1. The van der Waals surface area contributed by atoms with Crippen molar-refractivity contribution in [1.82, 2.24) is 4.90 Å². The third-order valence-corrected chi connectivity index (χ3v) is 3.84. The number of likely N-dealkylation sites (tertiary alicyclic amines) is 1. The molecular weight excluding hydrogens is 396 g/mol. The maximum Gasteiger partial charge on any atom is 0.410 e. The van der Waals surface area contributed by atoms with E-state index in [1.165, 1.54) is 5.56 Å². The Hall–Kier alpha value is -2.08. The molecule has 1 amide bonds. The molecule has 0 bridgehead atoms. The molecule has 2 heterocycles. The fourth-order valence-electron chi connectivity index (χ4n) is 2.64. The van der Waals surface area contributed by atoms with Crippen LogP contribution in [-0.4, -0.2) is 35.8 Å². The van der Waals surface area contributed by atoms with Crippen molar-refractivity contribution in [3.8, 4) is 5.75 Å². The van der Waals surface area contributed by atoms with Crippen LogP contribution in [0, 0.1) is 0 Å². The average Bonchev–Trinajstić information content (AvgIpc) is 2.50. The van der Waals surface area contributed by atoms with Gasteiger partial charge in [-0.15, -0.1) is 0 Å². The quantitative estimate of drug-likeness (QED) is 0.655. The molecule has 140 valence electrons. The second-order valence-electron chi connectivity index (χ2n) is 7.32. The minimum absolute atomic E-state index is 0. The van der Waals surface area contributed by atoms with Gasteiger partial charge in [-0.2, -0.15) is 4.57 Å². The van der Waals surface area contributed by atoms with Crippen molar-refractivity contribution in [3.05, 3.63) is 60.4 Å². The zero-order valence-electron chi connectivity index (χ0n) is 15.4. The Balaban J connectivity index is 0.00000243. The van der Waals surface area contributed by atoms with Crippen molar-refractivity contribution in [3.63, 3.8) is 0 Å². The van der Waals surface area contributed by atoms with Crippen LogP contribution < -0.4 is 26.3 Å². The SMILES string of the molecule is CC(C)(C)OC(=O)N1CC(Oc2ccc[n+](Cc3ccccc3)c2)C1.[Br-]. The van der Waals surface area contributed by atoms with Crippen LogP contribution in [0.3, 0.4) is 0 Å². The van der Waals surface area contributed by atoms with E-state index in [0.29, 0.717) is 13.1 Å². The Labute approximate surface area is 165 Å². The summed E-state index contributed by atoms with van der Waals surface area (Å²) in [4.78, 5) is 13.6. The van der Waals surface area contributed by atoms with Gasteiger partial charge in [0.1, 0.15) is 11.7 Å². The average molecular weight is 421 g/mol. The predicted molar refractivity (Wildman–Crippen MR) is 94.4 cm³/mol. The highest BCUT2D eigenvalue weighted by Gasteiger charge is 2.35. The molecule has 0 radical (unpaired) electrons. The lowest BCUT2D eigenvalue weighted by Gasteiger charge is -2.39. The molecule has 3 rings (SSSR count). The minimum atomic E-state index is -0.467. The van der Waals surface area contributed by atoms with Crippen LogP contribution >= 0.6 is 0 Å². The van der Waals surface area contributed by atoms with E-state index in [2.05, 4.69) is 16.7 Å². The first-order valence-corrected chi connectivity index (χ1v) is 8.57. The molecule has 6 heteroatoms. The Morgan fingerprint density at radius 2 is 1.85 bits per heavy atom. The van der Waals surface area contributed by atoms with E-state index < -0.39 is 5.60 Å². The number of hydrogen-bond donors (Lipinski definition) is 0. The van der Waals surface area contributed by atoms with E-state index in [1.54, 1.807) is 4.90 Å². The normalized spacial score (nSPS) is 14.2. The molecule has 0 aliphatic carbocycles. The minimum Gasteiger partial charge on any atom is -1.00 e. The molecule has 26 heavy (non-hydrogen) atoms. The van der Waals surface area contributed by atoms with E-state index in [0.717, 1.165) is 12.3 Å². The number of aromatic nitrogens is 1. The molecule has 0 unspecified atom stereocenters. The van der Waals surface area contributed by atoms with Gasteiger partial charge in [0.15, 0.2) is 18.5 Å². The Kier molecular flexibility index (Phi) is 6.64. The molecular formula is C20H25BrN2O3. The van der Waals surface area contributed by atoms with E-state index in [-0.39, 0.29) is 29.2 Å². The molecule has 0 spiro atoms. The monoisotopic (exact) mass is 420 g/mol. The zero-order chi connectivity index (χ0) is 17.9. The Morgan fingerprint density at radius 1 is 1.15 bits per heavy atom. The van der Waals surface area contributed by atoms with Crippen molar-refractivity contribution >= 4 is 6.09 Å². The van der Waals surface area contributed by atoms with E-state index in [4.69, 9.17) is 9.47 Å². The number of benzene rings is 1. The number of nitrogens with zero attached hydrogens (tertiary/aromatic N) is 2. The van der Waals surface area contributed by atoms with Gasteiger partial charge in [-0.05, 0) is 26.8 Å². The summed E-state index contributed by atoms with van der Waals surface area (Å²) < 4.78 is 13.4. The summed E-state index contributed by atoms with van der Waals surface area (Å²) in [5.74, 6) is 0.812. The summed E-state index contributed by atoms with van der Waals surface area (Å²) in [5.41, 5.74) is 0.773. The molecule has 1 aromatic heterocycles. The van der Waals surface area contributed by atoms with Gasteiger partial charge in [-0.3, -0.25) is 0 Å². The lowest BCUT2D eigenvalue weighted by molar-refractivity contribution is -0.688. The van der Waals surface area contributed by atoms with Crippen LogP contribution in [0.5, 0.6) is 5.75 Å². The maximum absolute atomic E-state index is 11.9. The Bertz CT molecular complexity index is 725.